The zero-order valence-corrected chi connectivity index (χ0v) is 14.0. The molecular weight excluding hydrogens is 339 g/mol. The van der Waals surface area contributed by atoms with Crippen LogP contribution in [0.3, 0.4) is 0 Å². The van der Waals surface area contributed by atoms with Crippen LogP contribution in [0, 0.1) is 0 Å². The molecule has 23 heavy (non-hydrogen) atoms. The first kappa shape index (κ1) is 16.7. The fraction of sp³-hybridized carbons (Fsp3) is 0.438. The molecule has 5 nitrogen and oxygen atoms in total. The van der Waals surface area contributed by atoms with E-state index in [1.165, 1.54) is 0 Å². The van der Waals surface area contributed by atoms with Crippen LogP contribution in [0.15, 0.2) is 30.6 Å². The summed E-state index contributed by atoms with van der Waals surface area (Å²) in [7, 11) is 0. The van der Waals surface area contributed by atoms with E-state index in [-0.39, 0.29) is 12.7 Å². The van der Waals surface area contributed by atoms with Crippen LogP contribution < -0.4 is 0 Å². The second-order valence-corrected chi connectivity index (χ2v) is 6.34. The highest BCUT2D eigenvalue weighted by molar-refractivity contribution is 6.35. The number of aromatic nitrogens is 2. The predicted octanol–water partition coefficient (Wildman–Crippen LogP) is 3.30. The van der Waals surface area contributed by atoms with Gasteiger partial charge in [0.25, 0.3) is 0 Å². The lowest BCUT2D eigenvalue weighted by Crippen LogP contribution is -2.29. The summed E-state index contributed by atoms with van der Waals surface area (Å²) in [5.74, 6) is -0.0409. The van der Waals surface area contributed by atoms with Crippen LogP contribution in [0.4, 0.5) is 0 Å². The smallest absolute Gasteiger partial charge is 0.196 e. The average molecular weight is 357 g/mol. The maximum Gasteiger partial charge on any atom is 0.196 e. The van der Waals surface area contributed by atoms with Gasteiger partial charge in [0.15, 0.2) is 5.79 Å². The molecule has 1 aliphatic rings. The maximum atomic E-state index is 9.36. The second-order valence-electron chi connectivity index (χ2n) is 5.50. The number of H-pyrrole nitrogens is 1. The second kappa shape index (κ2) is 7.20. The highest BCUT2D eigenvalue weighted by atomic mass is 35.5. The number of aryl methyl sites for hydroxylation is 1. The molecular formula is C16H18Cl2N2O3. The van der Waals surface area contributed by atoms with E-state index in [0.29, 0.717) is 23.1 Å². The Hall–Kier alpha value is -1.11. The lowest BCUT2D eigenvalue weighted by molar-refractivity contribution is -0.185. The molecule has 0 bridgehead atoms. The summed E-state index contributed by atoms with van der Waals surface area (Å²) < 4.78 is 11.9. The summed E-state index contributed by atoms with van der Waals surface area (Å²) in [5, 5.41) is 10.4. The molecule has 0 saturated carbocycles. The van der Waals surface area contributed by atoms with E-state index in [0.717, 1.165) is 24.2 Å². The largest absolute Gasteiger partial charge is 0.394 e. The van der Waals surface area contributed by atoms with Crippen LogP contribution in [-0.4, -0.2) is 34.4 Å². The maximum absolute atomic E-state index is 9.36. The molecule has 2 N–H and O–H groups in total. The number of aliphatic hydroxyl groups is 1. The van der Waals surface area contributed by atoms with Gasteiger partial charge in [-0.1, -0.05) is 29.3 Å². The highest BCUT2D eigenvalue weighted by Gasteiger charge is 2.43. The van der Waals surface area contributed by atoms with Crippen molar-refractivity contribution >= 4 is 23.2 Å². The van der Waals surface area contributed by atoms with Crippen LogP contribution in [0.2, 0.25) is 10.0 Å². The number of rotatable bonds is 6. The zero-order chi connectivity index (χ0) is 16.3. The molecule has 2 atom stereocenters. The van der Waals surface area contributed by atoms with Crippen molar-refractivity contribution in [3.05, 3.63) is 52.0 Å². The normalized spacial score (nSPS) is 24.2. The fourth-order valence-corrected chi connectivity index (χ4v) is 3.34. The molecule has 0 unspecified atom stereocenters. The third kappa shape index (κ3) is 3.70. The molecule has 0 spiro atoms. The minimum atomic E-state index is -0.957. The first-order chi connectivity index (χ1) is 11.1. The standard InChI is InChI=1S/C16H18Cl2N2O3/c17-11-3-4-13(14(18)8-11)16(22-10-12(9-21)23-16)5-1-2-15-19-6-7-20-15/h3-4,6-8,12,21H,1-2,5,9-10H2,(H,19,20)/t12-,16-/m0/s1. The average Bonchev–Trinajstić information content (AvgIpc) is 3.17. The van der Waals surface area contributed by atoms with Gasteiger partial charge in [-0.2, -0.15) is 0 Å². The van der Waals surface area contributed by atoms with Crippen LogP contribution in [0.5, 0.6) is 0 Å². The molecule has 1 aliphatic heterocycles. The third-order valence-electron chi connectivity index (χ3n) is 3.88. The zero-order valence-electron chi connectivity index (χ0n) is 12.5. The van der Waals surface area contributed by atoms with Crippen molar-refractivity contribution in [2.24, 2.45) is 0 Å². The number of aliphatic hydroxyl groups excluding tert-OH is 1. The molecule has 2 aromatic rings. The Balaban J connectivity index is 1.79. The monoisotopic (exact) mass is 356 g/mol. The summed E-state index contributed by atoms with van der Waals surface area (Å²) in [6, 6.07) is 5.25. The van der Waals surface area contributed by atoms with Crippen LogP contribution in [0.1, 0.15) is 24.2 Å². The number of nitrogens with one attached hydrogen (secondary N) is 1. The van der Waals surface area contributed by atoms with Gasteiger partial charge in [-0.25, -0.2) is 4.98 Å². The number of hydrogen-bond acceptors (Lipinski definition) is 4. The van der Waals surface area contributed by atoms with Crippen molar-refractivity contribution in [1.29, 1.82) is 0 Å². The van der Waals surface area contributed by atoms with Crippen molar-refractivity contribution in [2.75, 3.05) is 13.2 Å². The molecule has 1 aromatic carbocycles. The van der Waals surface area contributed by atoms with Gasteiger partial charge < -0.3 is 19.6 Å². The molecule has 1 saturated heterocycles. The van der Waals surface area contributed by atoms with E-state index in [1.807, 2.05) is 6.07 Å². The molecule has 2 heterocycles. The van der Waals surface area contributed by atoms with Crippen molar-refractivity contribution < 1.29 is 14.6 Å². The molecule has 1 aromatic heterocycles. The van der Waals surface area contributed by atoms with Gasteiger partial charge in [-0.05, 0) is 18.6 Å². The Kier molecular flexibility index (Phi) is 5.24. The van der Waals surface area contributed by atoms with E-state index < -0.39 is 5.79 Å². The van der Waals surface area contributed by atoms with Gasteiger partial charge in [0.05, 0.1) is 18.2 Å². The molecule has 124 valence electrons. The van der Waals surface area contributed by atoms with Gasteiger partial charge in [-0.15, -0.1) is 0 Å². The molecule has 0 aliphatic carbocycles. The predicted molar refractivity (Wildman–Crippen MR) is 87.6 cm³/mol. The molecule has 0 amide bonds. The van der Waals surface area contributed by atoms with E-state index in [2.05, 4.69) is 9.97 Å². The topological polar surface area (TPSA) is 67.4 Å². The highest BCUT2D eigenvalue weighted by Crippen LogP contribution is 2.42. The Morgan fingerprint density at radius 3 is 2.91 bits per heavy atom. The summed E-state index contributed by atoms with van der Waals surface area (Å²) in [6.07, 6.45) is 5.34. The Morgan fingerprint density at radius 2 is 2.26 bits per heavy atom. The van der Waals surface area contributed by atoms with E-state index in [9.17, 15) is 5.11 Å². The number of nitrogens with zero attached hydrogens (tertiary/aromatic N) is 1. The number of ether oxygens (including phenoxy) is 2. The quantitative estimate of drug-likeness (QED) is 0.833. The number of imidazole rings is 1. The minimum absolute atomic E-state index is 0.0921. The fourth-order valence-electron chi connectivity index (χ4n) is 2.78. The Bertz CT molecular complexity index is 651. The van der Waals surface area contributed by atoms with Gasteiger partial charge in [0, 0.05) is 35.8 Å². The summed E-state index contributed by atoms with van der Waals surface area (Å²) in [5.41, 5.74) is 0.735. The number of aromatic amines is 1. The summed E-state index contributed by atoms with van der Waals surface area (Å²) in [6.45, 7) is 0.237. The van der Waals surface area contributed by atoms with Crippen LogP contribution in [0.25, 0.3) is 0 Å². The van der Waals surface area contributed by atoms with Gasteiger partial charge in [0.1, 0.15) is 11.9 Å². The van der Waals surface area contributed by atoms with Crippen LogP contribution >= 0.6 is 23.2 Å². The SMILES string of the molecule is OC[C@H]1CO[C@](CCCc2ncc[nH]2)(c2ccc(Cl)cc2Cl)O1. The number of halogens is 2. The Labute approximate surface area is 144 Å². The molecule has 0 radical (unpaired) electrons. The van der Waals surface area contributed by atoms with Crippen molar-refractivity contribution in [2.45, 2.75) is 31.2 Å². The van der Waals surface area contributed by atoms with Gasteiger partial charge in [0.2, 0.25) is 0 Å². The third-order valence-corrected chi connectivity index (χ3v) is 4.43. The van der Waals surface area contributed by atoms with Crippen molar-refractivity contribution in [1.82, 2.24) is 9.97 Å². The van der Waals surface area contributed by atoms with E-state index in [4.69, 9.17) is 32.7 Å². The first-order valence-corrected chi connectivity index (χ1v) is 8.25. The lowest BCUT2D eigenvalue weighted by atomic mass is 9.99. The molecule has 1 fully saturated rings. The van der Waals surface area contributed by atoms with E-state index >= 15 is 0 Å². The first-order valence-electron chi connectivity index (χ1n) is 7.49. The van der Waals surface area contributed by atoms with Crippen LogP contribution in [-0.2, 0) is 21.7 Å². The number of hydrogen-bond donors (Lipinski definition) is 2. The van der Waals surface area contributed by atoms with E-state index in [1.54, 1.807) is 24.5 Å². The summed E-state index contributed by atoms with van der Waals surface area (Å²) >= 11 is 12.3. The molecule has 7 heteroatoms. The van der Waals surface area contributed by atoms with Gasteiger partial charge in [-0.3, -0.25) is 0 Å². The molecule has 3 rings (SSSR count). The lowest BCUT2D eigenvalue weighted by Gasteiger charge is -2.29. The van der Waals surface area contributed by atoms with Crippen molar-refractivity contribution in [3.63, 3.8) is 0 Å². The van der Waals surface area contributed by atoms with Crippen molar-refractivity contribution in [3.8, 4) is 0 Å². The minimum Gasteiger partial charge on any atom is -0.394 e. The van der Waals surface area contributed by atoms with Gasteiger partial charge >= 0.3 is 0 Å². The summed E-state index contributed by atoms with van der Waals surface area (Å²) in [4.78, 5) is 7.29. The Morgan fingerprint density at radius 1 is 1.39 bits per heavy atom. The number of benzene rings is 1.